The first-order chi connectivity index (χ1) is 16.2. The number of nitrogens with one attached hydrogen (secondary N) is 2. The van der Waals surface area contributed by atoms with E-state index in [2.05, 4.69) is 9.55 Å². The Morgan fingerprint density at radius 2 is 0.919 bits per heavy atom. The second kappa shape index (κ2) is 13.6. The number of hydrogen-bond donors (Lipinski definition) is 2. The molecule has 14 heteroatoms. The topological polar surface area (TPSA) is 130 Å². The summed E-state index contributed by atoms with van der Waals surface area (Å²) < 4.78 is 81.6. The molecule has 192 valence electrons. The van der Waals surface area contributed by atoms with Crippen molar-refractivity contribution in [1.82, 2.24) is 14.0 Å². The number of hydrogen-bond acceptors (Lipinski definition) is 6. The van der Waals surface area contributed by atoms with Crippen LogP contribution in [0.25, 0.3) is 0 Å². The number of nitrogens with zero attached hydrogens (tertiary/aromatic N) is 1. The van der Waals surface area contributed by atoms with Gasteiger partial charge in [-0.2, -0.15) is 4.72 Å². The normalized spacial score (nSPS) is 12.9. The van der Waals surface area contributed by atoms with Crippen molar-refractivity contribution >= 4 is 30.1 Å². The first-order valence-electron chi connectivity index (χ1n) is 10.5. The van der Waals surface area contributed by atoms with Gasteiger partial charge in [0, 0.05) is 0 Å². The molecule has 3 aromatic carbocycles. The Morgan fingerprint density at radius 1 is 0.595 bits per heavy atom. The summed E-state index contributed by atoms with van der Waals surface area (Å²) >= 11 is 0. The van der Waals surface area contributed by atoms with Crippen LogP contribution in [0.4, 0.5) is 0 Å². The Labute approximate surface area is 266 Å². The minimum Gasteiger partial charge on any atom is -1.00 e. The van der Waals surface area contributed by atoms with Crippen molar-refractivity contribution in [2.24, 2.45) is 0 Å². The van der Waals surface area contributed by atoms with Crippen LogP contribution in [0.15, 0.2) is 87.5 Å². The monoisotopic (exact) mass is 585 g/mol. The molecule has 0 aliphatic rings. The van der Waals surface area contributed by atoms with Crippen molar-refractivity contribution in [1.29, 1.82) is 0 Å². The summed E-state index contributed by atoms with van der Waals surface area (Å²) in [6, 6.07) is 17.5. The van der Waals surface area contributed by atoms with Gasteiger partial charge < -0.3 is 2.85 Å². The van der Waals surface area contributed by atoms with E-state index in [1.54, 1.807) is 57.2 Å². The Kier molecular flexibility index (Phi) is 12.7. The number of sulfonamides is 3. The first-order valence-corrected chi connectivity index (χ1v) is 14.9. The molecule has 0 aliphatic heterocycles. The molecule has 0 bridgehead atoms. The smallest absolute Gasteiger partial charge is 1.00 e. The van der Waals surface area contributed by atoms with E-state index in [0.29, 0.717) is 4.41 Å². The maximum atomic E-state index is 13.5. The average molecular weight is 586 g/mol. The fraction of sp³-hybridized carbons (Fsp3) is 0.217. The molecule has 0 amide bonds. The van der Waals surface area contributed by atoms with Gasteiger partial charge in [-0.05, 0) is 64.1 Å². The molecule has 0 radical (unpaired) electrons. The molecule has 37 heavy (non-hydrogen) atoms. The fourth-order valence-electron chi connectivity index (χ4n) is 3.11. The van der Waals surface area contributed by atoms with Crippen molar-refractivity contribution in [3.05, 3.63) is 89.5 Å². The van der Waals surface area contributed by atoms with Crippen LogP contribution in [-0.4, -0.2) is 35.8 Å². The molecule has 0 heterocycles. The number of aryl methyl sites for hydroxylation is 3. The average Bonchev–Trinajstić information content (AvgIpc) is 2.78. The predicted molar refractivity (Wildman–Crippen MR) is 135 cm³/mol. The van der Waals surface area contributed by atoms with Crippen molar-refractivity contribution in [2.75, 3.05) is 0 Å². The van der Waals surface area contributed by atoms with Crippen molar-refractivity contribution in [3.63, 3.8) is 0 Å². The molecular weight excluding hydrogens is 556 g/mol. The Balaban J connectivity index is 0. The van der Waals surface area contributed by atoms with Crippen LogP contribution in [-0.2, 0) is 30.1 Å². The third-order valence-electron chi connectivity index (χ3n) is 5.13. The maximum Gasteiger partial charge on any atom is 1.00 e. The van der Waals surface area contributed by atoms with Gasteiger partial charge >= 0.3 is 59.1 Å². The van der Waals surface area contributed by atoms with Crippen LogP contribution in [0.3, 0.4) is 0 Å². The quantitative estimate of drug-likeness (QED) is 0.157. The van der Waals surface area contributed by atoms with Gasteiger partial charge in [0.2, 0.25) is 10.0 Å². The standard InChI is InChI=1S/C23H27N3O6S3.2Na.2H/c1-17-5-11-21(12-6-17)33(27,28)24-20(4)26(35(31,32)23-15-9-19(3)10-16-23)25-34(29,30)22-13-7-18(2)8-14-22;;;;/h5-16,20,24-25H,1-4H3;;;;/q;2*+1;2*-1. The van der Waals surface area contributed by atoms with Crippen LogP contribution in [0, 0.1) is 20.8 Å². The molecule has 9 nitrogen and oxygen atoms in total. The Bertz CT molecular complexity index is 1520. The number of rotatable bonds is 9. The minimum absolute atomic E-state index is 0. The zero-order valence-electron chi connectivity index (χ0n) is 23.6. The van der Waals surface area contributed by atoms with Crippen molar-refractivity contribution in [2.45, 2.75) is 48.5 Å². The fourth-order valence-corrected chi connectivity index (χ4v) is 7.22. The van der Waals surface area contributed by atoms with Gasteiger partial charge in [0.25, 0.3) is 20.0 Å². The molecule has 0 aliphatic carbocycles. The predicted octanol–water partition coefficient (Wildman–Crippen LogP) is -2.95. The number of benzene rings is 3. The van der Waals surface area contributed by atoms with E-state index in [1.807, 2.05) is 0 Å². The van der Waals surface area contributed by atoms with Gasteiger partial charge in [0.15, 0.2) is 0 Å². The van der Waals surface area contributed by atoms with E-state index >= 15 is 0 Å². The Morgan fingerprint density at radius 3 is 1.30 bits per heavy atom. The second-order valence-corrected chi connectivity index (χ2v) is 13.3. The minimum atomic E-state index is -4.51. The van der Waals surface area contributed by atoms with Gasteiger partial charge in [-0.3, -0.25) is 0 Å². The molecular formula is C23H29N3Na2O6S3. The summed E-state index contributed by atoms with van der Waals surface area (Å²) in [7, 11) is -13.1. The van der Waals surface area contributed by atoms with E-state index in [1.165, 1.54) is 43.3 Å². The van der Waals surface area contributed by atoms with Crippen LogP contribution >= 0.6 is 0 Å². The molecule has 0 fully saturated rings. The SMILES string of the molecule is Cc1ccc(S(=O)(=O)NC(C)N(NS(=O)(=O)c2ccc(C)cc2)S(=O)(=O)c2ccc(C)cc2)cc1.[H-].[H-].[Na+].[Na+]. The van der Waals surface area contributed by atoms with Gasteiger partial charge in [0.05, 0.1) is 14.7 Å². The van der Waals surface area contributed by atoms with Crippen LogP contribution in [0.2, 0.25) is 0 Å². The van der Waals surface area contributed by atoms with Crippen molar-refractivity contribution < 1.29 is 87.2 Å². The van der Waals surface area contributed by atoms with Crippen LogP contribution in [0.1, 0.15) is 26.5 Å². The van der Waals surface area contributed by atoms with Gasteiger partial charge in [-0.1, -0.05) is 53.1 Å². The summed E-state index contributed by atoms with van der Waals surface area (Å²) in [5, 5.41) is 0. The molecule has 0 spiro atoms. The molecule has 3 rings (SSSR count). The summed E-state index contributed by atoms with van der Waals surface area (Å²) in [5.41, 5.74) is 2.45. The largest absolute Gasteiger partial charge is 1.00 e. The number of hydrazine groups is 1. The van der Waals surface area contributed by atoms with E-state index < -0.39 is 36.2 Å². The molecule has 2 N–H and O–H groups in total. The summed E-state index contributed by atoms with van der Waals surface area (Å²) in [6.07, 6.45) is -1.52. The summed E-state index contributed by atoms with van der Waals surface area (Å²) in [5.74, 6) is 0. The van der Waals surface area contributed by atoms with Crippen molar-refractivity contribution in [3.8, 4) is 0 Å². The zero-order valence-corrected chi connectivity index (χ0v) is 28.1. The van der Waals surface area contributed by atoms with E-state index in [4.69, 9.17) is 0 Å². The van der Waals surface area contributed by atoms with Gasteiger partial charge in [-0.15, -0.1) is 9.25 Å². The molecule has 1 unspecified atom stereocenters. The maximum absolute atomic E-state index is 13.5. The zero-order chi connectivity index (χ0) is 26.0. The van der Waals surface area contributed by atoms with Crippen LogP contribution < -0.4 is 68.7 Å². The molecule has 0 aromatic heterocycles. The molecule has 0 saturated heterocycles. The summed E-state index contributed by atoms with van der Waals surface area (Å²) in [4.78, 5) is 1.57. The molecule has 3 aromatic rings. The van der Waals surface area contributed by atoms with E-state index in [9.17, 15) is 25.3 Å². The Hall–Kier alpha value is -0.610. The first kappa shape index (κ1) is 34.4. The summed E-state index contributed by atoms with van der Waals surface area (Å²) in [6.45, 7) is 6.57. The van der Waals surface area contributed by atoms with E-state index in [0.717, 1.165) is 16.7 Å². The van der Waals surface area contributed by atoms with Gasteiger partial charge in [-0.25, -0.2) is 25.3 Å². The molecule has 1 atom stereocenters. The second-order valence-electron chi connectivity index (χ2n) is 8.13. The third-order valence-corrected chi connectivity index (χ3v) is 9.91. The van der Waals surface area contributed by atoms with Gasteiger partial charge in [0.1, 0.15) is 6.17 Å². The third kappa shape index (κ3) is 8.69. The molecule has 0 saturated carbocycles. The van der Waals surface area contributed by atoms with Crippen LogP contribution in [0.5, 0.6) is 0 Å². The van der Waals surface area contributed by atoms with E-state index in [-0.39, 0.29) is 76.7 Å².